The van der Waals surface area contributed by atoms with Crippen LogP contribution in [0, 0.1) is 0 Å². The SMILES string of the molecule is COc1ncc2c(n1)CC(N)CC2. The summed E-state index contributed by atoms with van der Waals surface area (Å²) >= 11 is 0. The average Bonchev–Trinajstić information content (AvgIpc) is 2.16. The fourth-order valence-electron chi connectivity index (χ4n) is 1.60. The molecule has 0 saturated carbocycles. The third kappa shape index (κ3) is 1.62. The number of nitrogens with two attached hydrogens (primary N) is 1. The second-order valence-electron chi connectivity index (χ2n) is 3.33. The molecule has 13 heavy (non-hydrogen) atoms. The van der Waals surface area contributed by atoms with Crippen molar-refractivity contribution in [3.05, 3.63) is 17.5 Å². The molecule has 70 valence electrons. The minimum atomic E-state index is 0.243. The predicted molar refractivity (Wildman–Crippen MR) is 48.6 cm³/mol. The maximum Gasteiger partial charge on any atom is 0.316 e. The van der Waals surface area contributed by atoms with E-state index in [0.717, 1.165) is 25.0 Å². The number of methoxy groups -OCH3 is 1. The van der Waals surface area contributed by atoms with Gasteiger partial charge in [-0.25, -0.2) is 4.98 Å². The third-order valence-corrected chi connectivity index (χ3v) is 2.35. The molecule has 1 aliphatic carbocycles. The molecule has 0 amide bonds. The van der Waals surface area contributed by atoms with Crippen molar-refractivity contribution in [1.82, 2.24) is 9.97 Å². The van der Waals surface area contributed by atoms with Crippen LogP contribution >= 0.6 is 0 Å². The van der Waals surface area contributed by atoms with E-state index in [-0.39, 0.29) is 6.04 Å². The summed E-state index contributed by atoms with van der Waals surface area (Å²) < 4.78 is 4.95. The van der Waals surface area contributed by atoms with E-state index in [4.69, 9.17) is 10.5 Å². The van der Waals surface area contributed by atoms with Gasteiger partial charge in [0.15, 0.2) is 0 Å². The first-order chi connectivity index (χ1) is 6.29. The zero-order valence-corrected chi connectivity index (χ0v) is 7.66. The van der Waals surface area contributed by atoms with Gasteiger partial charge in [-0.1, -0.05) is 0 Å². The standard InChI is InChI=1S/C9H13N3O/c1-13-9-11-5-6-2-3-7(10)4-8(6)12-9/h5,7H,2-4,10H2,1H3. The van der Waals surface area contributed by atoms with E-state index < -0.39 is 0 Å². The van der Waals surface area contributed by atoms with Gasteiger partial charge in [-0.05, 0) is 18.4 Å². The van der Waals surface area contributed by atoms with Crippen molar-refractivity contribution < 1.29 is 4.74 Å². The van der Waals surface area contributed by atoms with Crippen molar-refractivity contribution in [2.45, 2.75) is 25.3 Å². The molecule has 1 atom stereocenters. The molecule has 4 heteroatoms. The lowest BCUT2D eigenvalue weighted by atomic mass is 9.94. The lowest BCUT2D eigenvalue weighted by Crippen LogP contribution is -2.28. The van der Waals surface area contributed by atoms with E-state index in [1.807, 2.05) is 6.20 Å². The summed E-state index contributed by atoms with van der Waals surface area (Å²) in [6.45, 7) is 0. The minimum Gasteiger partial charge on any atom is -0.467 e. The van der Waals surface area contributed by atoms with E-state index in [0.29, 0.717) is 6.01 Å². The summed E-state index contributed by atoms with van der Waals surface area (Å²) in [5, 5.41) is 0. The highest BCUT2D eigenvalue weighted by atomic mass is 16.5. The molecule has 4 nitrogen and oxygen atoms in total. The monoisotopic (exact) mass is 179 g/mol. The maximum atomic E-state index is 5.84. The zero-order chi connectivity index (χ0) is 9.26. The topological polar surface area (TPSA) is 61.0 Å². The molecule has 2 rings (SSSR count). The Bertz CT molecular complexity index is 314. The van der Waals surface area contributed by atoms with Crippen LogP contribution in [0.25, 0.3) is 0 Å². The molecule has 2 N–H and O–H groups in total. The van der Waals surface area contributed by atoms with Gasteiger partial charge in [0.25, 0.3) is 0 Å². The van der Waals surface area contributed by atoms with Gasteiger partial charge in [0, 0.05) is 18.7 Å². The predicted octanol–water partition coefficient (Wildman–Crippen LogP) is 0.301. The van der Waals surface area contributed by atoms with Crippen LogP contribution in [-0.2, 0) is 12.8 Å². The van der Waals surface area contributed by atoms with Crippen molar-refractivity contribution in [1.29, 1.82) is 0 Å². The molecule has 0 aromatic carbocycles. The van der Waals surface area contributed by atoms with Gasteiger partial charge in [0.05, 0.1) is 12.8 Å². The molecule has 0 fully saturated rings. The summed E-state index contributed by atoms with van der Waals surface area (Å²) in [7, 11) is 1.57. The van der Waals surface area contributed by atoms with E-state index in [1.165, 1.54) is 5.56 Å². The number of hydrogen-bond acceptors (Lipinski definition) is 4. The van der Waals surface area contributed by atoms with Gasteiger partial charge in [-0.15, -0.1) is 0 Å². The fourth-order valence-corrected chi connectivity index (χ4v) is 1.60. The summed E-state index contributed by atoms with van der Waals surface area (Å²) in [6, 6.07) is 0.681. The Balaban J connectivity index is 2.32. The molecule has 1 heterocycles. The molecule has 0 aliphatic heterocycles. The van der Waals surface area contributed by atoms with E-state index >= 15 is 0 Å². The van der Waals surface area contributed by atoms with Crippen LogP contribution in [0.1, 0.15) is 17.7 Å². The molecule has 0 radical (unpaired) electrons. The molecule has 1 aromatic rings. The van der Waals surface area contributed by atoms with Crippen LogP contribution in [0.5, 0.6) is 6.01 Å². The zero-order valence-electron chi connectivity index (χ0n) is 7.66. The lowest BCUT2D eigenvalue weighted by Gasteiger charge is -2.19. The molecule has 0 saturated heterocycles. The first-order valence-electron chi connectivity index (χ1n) is 4.44. The smallest absolute Gasteiger partial charge is 0.316 e. The summed E-state index contributed by atoms with van der Waals surface area (Å²) in [6.07, 6.45) is 4.70. The molecular formula is C9H13N3O. The van der Waals surface area contributed by atoms with Crippen LogP contribution in [0.3, 0.4) is 0 Å². The Morgan fingerprint density at radius 3 is 3.23 bits per heavy atom. The Morgan fingerprint density at radius 2 is 2.46 bits per heavy atom. The Kier molecular flexibility index (Phi) is 2.14. The highest BCUT2D eigenvalue weighted by Gasteiger charge is 2.17. The van der Waals surface area contributed by atoms with Crippen molar-refractivity contribution in [2.24, 2.45) is 5.73 Å². The maximum absolute atomic E-state index is 5.84. The Hall–Kier alpha value is -1.16. The van der Waals surface area contributed by atoms with Crippen LogP contribution in [0.2, 0.25) is 0 Å². The average molecular weight is 179 g/mol. The number of fused-ring (bicyclic) bond motifs is 1. The normalized spacial score (nSPS) is 20.9. The van der Waals surface area contributed by atoms with Gasteiger partial charge in [0.2, 0.25) is 0 Å². The van der Waals surface area contributed by atoms with E-state index in [2.05, 4.69) is 9.97 Å². The third-order valence-electron chi connectivity index (χ3n) is 2.35. The first kappa shape index (κ1) is 8.44. The molecule has 1 aliphatic rings. The highest BCUT2D eigenvalue weighted by molar-refractivity contribution is 5.23. The largest absolute Gasteiger partial charge is 0.467 e. The second-order valence-corrected chi connectivity index (χ2v) is 3.33. The molecule has 1 aromatic heterocycles. The Morgan fingerprint density at radius 1 is 1.62 bits per heavy atom. The number of nitrogens with zero attached hydrogens (tertiary/aromatic N) is 2. The quantitative estimate of drug-likeness (QED) is 0.673. The van der Waals surface area contributed by atoms with Crippen LogP contribution in [0.4, 0.5) is 0 Å². The lowest BCUT2D eigenvalue weighted by molar-refractivity contribution is 0.375. The van der Waals surface area contributed by atoms with Crippen LogP contribution in [0.15, 0.2) is 6.20 Å². The minimum absolute atomic E-state index is 0.243. The molecule has 0 spiro atoms. The van der Waals surface area contributed by atoms with Crippen molar-refractivity contribution in [3.63, 3.8) is 0 Å². The molecule has 1 unspecified atom stereocenters. The fraction of sp³-hybridized carbons (Fsp3) is 0.556. The summed E-state index contributed by atoms with van der Waals surface area (Å²) in [4.78, 5) is 8.33. The molecular weight excluding hydrogens is 166 g/mol. The van der Waals surface area contributed by atoms with E-state index in [9.17, 15) is 0 Å². The number of aromatic nitrogens is 2. The van der Waals surface area contributed by atoms with Gasteiger partial charge >= 0.3 is 6.01 Å². The van der Waals surface area contributed by atoms with Gasteiger partial charge in [-0.2, -0.15) is 4.98 Å². The van der Waals surface area contributed by atoms with Gasteiger partial charge in [0.1, 0.15) is 0 Å². The van der Waals surface area contributed by atoms with E-state index in [1.54, 1.807) is 7.11 Å². The first-order valence-corrected chi connectivity index (χ1v) is 4.44. The number of aryl methyl sites for hydroxylation is 1. The highest BCUT2D eigenvalue weighted by Crippen LogP contribution is 2.19. The number of ether oxygens (including phenoxy) is 1. The second kappa shape index (κ2) is 3.30. The number of hydrogen-bond donors (Lipinski definition) is 1. The van der Waals surface area contributed by atoms with Gasteiger partial charge < -0.3 is 10.5 Å². The Labute approximate surface area is 77.1 Å². The molecule has 0 bridgehead atoms. The van der Waals surface area contributed by atoms with Crippen LogP contribution in [-0.4, -0.2) is 23.1 Å². The van der Waals surface area contributed by atoms with Crippen molar-refractivity contribution in [2.75, 3.05) is 7.11 Å². The van der Waals surface area contributed by atoms with Gasteiger partial charge in [-0.3, -0.25) is 0 Å². The number of rotatable bonds is 1. The van der Waals surface area contributed by atoms with Crippen molar-refractivity contribution in [3.8, 4) is 6.01 Å². The van der Waals surface area contributed by atoms with Crippen LogP contribution < -0.4 is 10.5 Å². The summed E-state index contributed by atoms with van der Waals surface area (Å²) in [5.74, 6) is 0. The van der Waals surface area contributed by atoms with Crippen molar-refractivity contribution >= 4 is 0 Å². The summed E-state index contributed by atoms with van der Waals surface area (Å²) in [5.41, 5.74) is 8.10.